The van der Waals surface area contributed by atoms with Crippen LogP contribution in [0.25, 0.3) is 0 Å². The van der Waals surface area contributed by atoms with Crippen LogP contribution in [0.15, 0.2) is 72.8 Å². The summed E-state index contributed by atoms with van der Waals surface area (Å²) in [5.74, 6) is -3.75. The van der Waals surface area contributed by atoms with Crippen molar-refractivity contribution in [1.29, 1.82) is 0 Å². The zero-order valence-electron chi connectivity index (χ0n) is 17.7. The Labute approximate surface area is 183 Å². The number of aryl methyl sites for hydroxylation is 3. The molecule has 6 heteroatoms. The second-order valence-electron chi connectivity index (χ2n) is 7.69. The van der Waals surface area contributed by atoms with Crippen LogP contribution in [-0.2, 0) is 30.5 Å². The molecule has 0 amide bonds. The molecule has 0 aliphatic carbocycles. The molecule has 0 aliphatic rings. The third kappa shape index (κ3) is 3.25. The molecule has 4 nitrogen and oxygen atoms in total. The minimum atomic E-state index is -5.06. The van der Waals surface area contributed by atoms with E-state index in [4.69, 9.17) is 0 Å². The van der Waals surface area contributed by atoms with E-state index in [0.717, 1.165) is 16.7 Å². The van der Waals surface area contributed by atoms with Gasteiger partial charge in [-0.2, -0.15) is 0 Å². The molecule has 0 aliphatic heterocycles. The average molecular weight is 477 g/mol. The second kappa shape index (κ2) is 8.43. The maximum atomic E-state index is 12.8. The van der Waals surface area contributed by atoms with Crippen LogP contribution >= 0.6 is 5.95 Å². The first-order chi connectivity index (χ1) is 14.8. The maximum absolute atomic E-state index is 12.8. The number of benzene rings is 3. The molecule has 0 heterocycles. The van der Waals surface area contributed by atoms with Gasteiger partial charge in [-0.15, -0.1) is 0 Å². The van der Waals surface area contributed by atoms with Gasteiger partial charge in [0.05, 0.1) is 0 Å². The molecule has 0 unspecified atom stereocenters. The summed E-state index contributed by atoms with van der Waals surface area (Å²) >= 11 is -5.06. The third-order valence-corrected chi connectivity index (χ3v) is 22.6. The molecule has 0 atom stereocenters. The molecule has 163 valence electrons. The van der Waals surface area contributed by atoms with Crippen molar-refractivity contribution in [2.75, 3.05) is 0 Å². The predicted molar refractivity (Wildman–Crippen MR) is 128 cm³/mol. The number of carbonyl (C=O) groups is 4. The Morgan fingerprint density at radius 3 is 0.903 bits per heavy atom. The molecule has 0 saturated carbocycles. The fraction of sp³-hybridized carbons (Fsp3) is 0.120. The zero-order valence-corrected chi connectivity index (χ0v) is 19.8. The van der Waals surface area contributed by atoms with Crippen LogP contribution in [0.4, 0.5) is 0 Å². The summed E-state index contributed by atoms with van der Waals surface area (Å²) in [6.45, 7) is 5.80. The molecule has 0 radical (unpaired) electrons. The van der Waals surface area contributed by atoms with Gasteiger partial charge in [0.15, 0.2) is 0 Å². The summed E-state index contributed by atoms with van der Waals surface area (Å²) in [4.78, 5) is 51.3. The quantitative estimate of drug-likeness (QED) is 0.284. The molecule has 0 saturated heterocycles. The van der Waals surface area contributed by atoms with E-state index in [-0.39, 0.29) is 0 Å². The standard InChI is InChI=1S/C21H21P.4CHO.Fe/c1-16-4-10-19(11-5-16)22(20-12-6-17(2)7-13-20)21-14-8-18(3)9-15-21;4*1-2;/h4-15H,1-3H3;4*1H;/q;;;;;-1/p+1. The third-order valence-electron chi connectivity index (χ3n) is 5.68. The first-order valence-electron chi connectivity index (χ1n) is 9.65. The molecule has 0 spiro atoms. The van der Waals surface area contributed by atoms with E-state index in [1.54, 1.807) is 0 Å². The topological polar surface area (TPSA) is 68.3 Å². The van der Waals surface area contributed by atoms with Gasteiger partial charge in [-0.05, 0) is 0 Å². The predicted octanol–water partition coefficient (Wildman–Crippen LogP) is 3.00. The van der Waals surface area contributed by atoms with Gasteiger partial charge in [0.2, 0.25) is 0 Å². The Balaban J connectivity index is 2.67. The van der Waals surface area contributed by atoms with Gasteiger partial charge in [-0.3, -0.25) is 0 Å². The fourth-order valence-electron chi connectivity index (χ4n) is 3.91. The summed E-state index contributed by atoms with van der Waals surface area (Å²) in [7, 11) is 0. The van der Waals surface area contributed by atoms with Crippen LogP contribution in [-0.4, -0.2) is 20.7 Å². The van der Waals surface area contributed by atoms with E-state index in [0.29, 0.717) is 36.7 Å². The molecular formula is C25H26FeO4P. The number of hydrogen-bond acceptors (Lipinski definition) is 4. The summed E-state index contributed by atoms with van der Waals surface area (Å²) in [6.07, 6.45) is 0. The van der Waals surface area contributed by atoms with E-state index in [1.807, 2.05) is 93.6 Å². The molecule has 3 aromatic rings. The van der Waals surface area contributed by atoms with E-state index < -0.39 is 17.3 Å². The number of carbonyl (C=O) groups excluding carboxylic acids is 4. The Bertz CT molecular complexity index is 981. The van der Waals surface area contributed by atoms with Crippen molar-refractivity contribution in [2.45, 2.75) is 20.8 Å². The van der Waals surface area contributed by atoms with Gasteiger partial charge in [-0.1, -0.05) is 0 Å². The van der Waals surface area contributed by atoms with Crippen molar-refractivity contribution >= 4 is 42.6 Å². The molecule has 3 rings (SSSR count). The first-order valence-corrected chi connectivity index (χ1v) is 15.7. The Hall–Kier alpha value is -2.71. The summed E-state index contributed by atoms with van der Waals surface area (Å²) in [5.41, 5.74) is 2.99. The van der Waals surface area contributed by atoms with Crippen LogP contribution in [0.1, 0.15) is 16.7 Å². The van der Waals surface area contributed by atoms with Crippen LogP contribution in [0.3, 0.4) is 0 Å². The number of rotatable bonds is 8. The second-order valence-corrected chi connectivity index (χ2v) is 21.1. The van der Waals surface area contributed by atoms with Gasteiger partial charge in [-0.25, -0.2) is 0 Å². The Morgan fingerprint density at radius 1 is 0.484 bits per heavy atom. The van der Waals surface area contributed by atoms with Gasteiger partial charge in [0, 0.05) is 0 Å². The summed E-state index contributed by atoms with van der Waals surface area (Å²) in [5, 5.41) is 3.62. The normalized spacial score (nSPS) is 13.5. The monoisotopic (exact) mass is 477 g/mol. The van der Waals surface area contributed by atoms with Crippen LogP contribution in [0, 0.1) is 20.8 Å². The molecule has 31 heavy (non-hydrogen) atoms. The van der Waals surface area contributed by atoms with Crippen LogP contribution in [0.5, 0.6) is 0 Å². The summed E-state index contributed by atoms with van der Waals surface area (Å²) < 4.78 is 0. The SMILES string of the molecule is Cc1ccc([PH](c2ccc(C)cc2)(c2ccc(C)cc2)[Fe]([CH]=O)([CH]=O)([CH]=O)[CH]=O)cc1. The van der Waals surface area contributed by atoms with Gasteiger partial charge < -0.3 is 0 Å². The van der Waals surface area contributed by atoms with Crippen molar-refractivity contribution in [1.82, 2.24) is 0 Å². The number of hydrogen-bond donors (Lipinski definition) is 0. The summed E-state index contributed by atoms with van der Waals surface area (Å²) in [6, 6.07) is 22.4. The minimum absolute atomic E-state index is 0.390. The van der Waals surface area contributed by atoms with Crippen molar-refractivity contribution in [3.63, 3.8) is 0 Å². The van der Waals surface area contributed by atoms with Crippen molar-refractivity contribution in [3.8, 4) is 0 Å². The van der Waals surface area contributed by atoms with Crippen LogP contribution in [0.2, 0.25) is 0 Å². The zero-order chi connectivity index (χ0) is 22.7. The van der Waals surface area contributed by atoms with E-state index >= 15 is 0 Å². The van der Waals surface area contributed by atoms with Gasteiger partial charge in [0.1, 0.15) is 0 Å². The molecule has 0 bridgehead atoms. The van der Waals surface area contributed by atoms with E-state index in [9.17, 15) is 19.2 Å². The molecule has 0 fully saturated rings. The fourth-order valence-corrected chi connectivity index (χ4v) is 19.7. The molecule has 0 N–H and O–H groups in total. The van der Waals surface area contributed by atoms with Crippen LogP contribution < -0.4 is 15.9 Å². The molecule has 3 aromatic carbocycles. The first kappa shape index (κ1) is 23.0. The van der Waals surface area contributed by atoms with Crippen molar-refractivity contribution in [3.05, 3.63) is 89.5 Å². The molecule has 0 aromatic heterocycles. The van der Waals surface area contributed by atoms with E-state index in [2.05, 4.69) is 0 Å². The average Bonchev–Trinajstić information content (AvgIpc) is 2.81. The van der Waals surface area contributed by atoms with Gasteiger partial charge >= 0.3 is 183 Å². The Kier molecular flexibility index (Phi) is 6.25. The van der Waals surface area contributed by atoms with Gasteiger partial charge in [0.25, 0.3) is 0 Å². The Morgan fingerprint density at radius 2 is 0.710 bits per heavy atom. The molecular weight excluding hydrogens is 451 g/mol. The van der Waals surface area contributed by atoms with E-state index in [1.165, 1.54) is 0 Å². The van der Waals surface area contributed by atoms with Crippen molar-refractivity contribution < 1.29 is 30.5 Å². The van der Waals surface area contributed by atoms with Crippen molar-refractivity contribution in [2.24, 2.45) is 0 Å².